The molecule has 2 aliphatic carbocycles. The van der Waals surface area contributed by atoms with Crippen LogP contribution in [0.15, 0.2) is 169 Å². The van der Waals surface area contributed by atoms with Crippen molar-refractivity contribution in [3.05, 3.63) is 208 Å². The summed E-state index contributed by atoms with van der Waals surface area (Å²) in [4.78, 5) is 0. The number of fused-ring (bicyclic) bond motifs is 6. The average Bonchev–Trinajstić information content (AvgIpc) is 3.79. The molecule has 0 amide bonds. The van der Waals surface area contributed by atoms with Crippen molar-refractivity contribution in [1.29, 1.82) is 0 Å². The zero-order valence-corrected chi connectivity index (χ0v) is 42.7. The van der Waals surface area contributed by atoms with Gasteiger partial charge in [0.05, 0.1) is 0 Å². The van der Waals surface area contributed by atoms with Crippen molar-refractivity contribution in [2.24, 2.45) is 0 Å². The van der Waals surface area contributed by atoms with Crippen LogP contribution in [0.1, 0.15) is 110 Å². The van der Waals surface area contributed by atoms with E-state index < -0.39 is 28.3 Å². The van der Waals surface area contributed by atoms with Gasteiger partial charge < -0.3 is 24.8 Å². The standard InChI is InChI=1S/C47H45.C12H11Si.2ClH.Zr/c1-8-14-32-25-40-37(19-13-20-38(40)45-35-17-11-9-15-29(35)23-30-16-10-12-18-36(30)45)44(32)43-28-34(47(5,6)7)27-42-39-26-33(46(2,3)4)22-21-31(39)24-41(42)43;1-3-7-11(8-4-1)13-12-9-5-2-6-10-12;;;/h9-13,15-28,44H,8,14H2,1-7H3;1-10,13H;2*1H;/q;;;;+2/p-2. The Kier molecular flexibility index (Phi) is 12.9. The zero-order valence-electron chi connectivity index (χ0n) is 37.6. The third kappa shape index (κ3) is 8.21. The van der Waals surface area contributed by atoms with E-state index in [0.717, 1.165) is 12.8 Å². The summed E-state index contributed by atoms with van der Waals surface area (Å²) in [6.45, 7) is 16.7. The van der Waals surface area contributed by atoms with E-state index in [1.54, 1.807) is 32.6 Å². The first-order valence-corrected chi connectivity index (χ1v) is 29.8. The second kappa shape index (κ2) is 17.9. The molecule has 0 bridgehead atoms. The van der Waals surface area contributed by atoms with Gasteiger partial charge in [0.25, 0.3) is 0 Å². The van der Waals surface area contributed by atoms with Crippen molar-refractivity contribution >= 4 is 43.9 Å². The third-order valence-corrected chi connectivity index (χ3v) is 27.6. The first-order chi connectivity index (χ1) is 29.5. The van der Waals surface area contributed by atoms with Gasteiger partial charge in [-0.15, -0.1) is 0 Å². The van der Waals surface area contributed by atoms with Crippen LogP contribution < -0.4 is 35.2 Å². The van der Waals surface area contributed by atoms with Gasteiger partial charge in [-0.3, -0.25) is 0 Å². The SMILES string of the molecule is CCCC1=Cc2c(-c3c4ccccc4cc4ccccc34)cccc2C1c1cc(C(C)(C)C)cc2c1[CH]([Zr+2][SiH](c1ccccc1)c1ccccc1)c1ccc(C(C)(C)C)cc1-2.[Cl-].[Cl-]. The van der Waals surface area contributed by atoms with Crippen LogP contribution in [0.4, 0.5) is 0 Å². The summed E-state index contributed by atoms with van der Waals surface area (Å²) in [7, 11) is 0. The molecule has 0 aromatic heterocycles. The first-order valence-electron chi connectivity index (χ1n) is 22.4. The molecular formula is C59H56Cl2SiZr. The summed E-state index contributed by atoms with van der Waals surface area (Å²) in [5.41, 5.74) is 17.9. The second-order valence-corrected chi connectivity index (χ2v) is 30.3. The van der Waals surface area contributed by atoms with E-state index in [2.05, 4.69) is 218 Å². The maximum atomic E-state index is 2.69. The van der Waals surface area contributed by atoms with Crippen LogP contribution in [-0.4, -0.2) is 5.92 Å². The molecule has 0 saturated heterocycles. The molecule has 0 spiro atoms. The second-order valence-electron chi connectivity index (χ2n) is 19.6. The molecule has 0 radical (unpaired) electrons. The smallest absolute Gasteiger partial charge is 1.00 e. The molecule has 2 unspecified atom stereocenters. The Morgan fingerprint density at radius 2 is 1.08 bits per heavy atom. The number of benzene rings is 8. The van der Waals surface area contributed by atoms with Gasteiger partial charge in [0.15, 0.2) is 0 Å². The van der Waals surface area contributed by atoms with Gasteiger partial charge in [-0.1, -0.05) is 0 Å². The van der Waals surface area contributed by atoms with Crippen molar-refractivity contribution in [2.75, 3.05) is 0 Å². The van der Waals surface area contributed by atoms with E-state index in [1.165, 1.54) is 66.1 Å². The molecule has 4 heteroatoms. The largest absolute Gasteiger partial charge is 1.00 e. The number of hydrogen-bond acceptors (Lipinski definition) is 0. The van der Waals surface area contributed by atoms with E-state index in [-0.39, 0.29) is 41.6 Å². The molecule has 10 rings (SSSR count). The summed E-state index contributed by atoms with van der Waals surface area (Å²) < 4.78 is 0.459. The number of hydrogen-bond donors (Lipinski definition) is 0. The van der Waals surface area contributed by atoms with Gasteiger partial charge in [-0.2, -0.15) is 0 Å². The molecule has 63 heavy (non-hydrogen) atoms. The minimum Gasteiger partial charge on any atom is -1.00 e. The Balaban J connectivity index is 0.00000272. The molecule has 0 fully saturated rings. The Hall–Kier alpha value is -4.30. The van der Waals surface area contributed by atoms with E-state index >= 15 is 0 Å². The first kappa shape index (κ1) is 45.3. The zero-order chi connectivity index (χ0) is 42.0. The Labute approximate surface area is 400 Å². The third-order valence-electron chi connectivity index (χ3n) is 13.5. The predicted octanol–water partition coefficient (Wildman–Crippen LogP) is 8.28. The van der Waals surface area contributed by atoms with Gasteiger partial charge in [-0.25, -0.2) is 0 Å². The molecule has 0 saturated carbocycles. The van der Waals surface area contributed by atoms with Gasteiger partial charge in [0.1, 0.15) is 0 Å². The van der Waals surface area contributed by atoms with Crippen LogP contribution in [0.5, 0.6) is 0 Å². The summed E-state index contributed by atoms with van der Waals surface area (Å²) >= 11 is -1.15. The normalized spacial score (nSPS) is 15.3. The van der Waals surface area contributed by atoms with Crippen molar-refractivity contribution in [3.63, 3.8) is 0 Å². The van der Waals surface area contributed by atoms with Crippen LogP contribution in [-0.2, 0) is 33.2 Å². The molecule has 2 atom stereocenters. The summed E-state index contributed by atoms with van der Waals surface area (Å²) in [5, 5.41) is 8.45. The van der Waals surface area contributed by atoms with Crippen LogP contribution in [0.2, 0.25) is 0 Å². The predicted molar refractivity (Wildman–Crippen MR) is 262 cm³/mol. The monoisotopic (exact) mass is 952 g/mol. The van der Waals surface area contributed by atoms with Gasteiger partial charge in [0.2, 0.25) is 0 Å². The molecule has 0 nitrogen and oxygen atoms in total. The van der Waals surface area contributed by atoms with Crippen molar-refractivity contribution < 1.29 is 47.2 Å². The van der Waals surface area contributed by atoms with Crippen LogP contribution >= 0.6 is 0 Å². The number of rotatable bonds is 8. The van der Waals surface area contributed by atoms with E-state index in [4.69, 9.17) is 0 Å². The summed E-state index contributed by atoms with van der Waals surface area (Å²) in [6.07, 6.45) is 4.84. The summed E-state index contributed by atoms with van der Waals surface area (Å²) in [6, 6.07) is 63.9. The van der Waals surface area contributed by atoms with Crippen molar-refractivity contribution in [3.8, 4) is 22.3 Å². The van der Waals surface area contributed by atoms with Gasteiger partial charge in [0, 0.05) is 0 Å². The van der Waals surface area contributed by atoms with Crippen molar-refractivity contribution in [1.82, 2.24) is 0 Å². The van der Waals surface area contributed by atoms with E-state index in [0.29, 0.717) is 3.63 Å². The molecule has 2 aliphatic rings. The fraction of sp³-hybridized carbons (Fsp3) is 0.220. The fourth-order valence-electron chi connectivity index (χ4n) is 10.4. The Morgan fingerprint density at radius 3 is 1.67 bits per heavy atom. The average molecular weight is 955 g/mol. The molecule has 8 aromatic carbocycles. The fourth-order valence-corrected chi connectivity index (χ4v) is 25.2. The molecule has 0 N–H and O–H groups in total. The van der Waals surface area contributed by atoms with E-state index in [1.807, 2.05) is 0 Å². The van der Waals surface area contributed by atoms with E-state index in [9.17, 15) is 0 Å². The van der Waals surface area contributed by atoms with Crippen LogP contribution in [0.25, 0.3) is 49.9 Å². The maximum Gasteiger partial charge on any atom is -1.00 e. The maximum absolute atomic E-state index is 2.69. The Bertz CT molecular complexity index is 2900. The molecule has 0 aliphatic heterocycles. The van der Waals surface area contributed by atoms with Crippen LogP contribution in [0.3, 0.4) is 0 Å². The molecular weight excluding hydrogens is 899 g/mol. The summed E-state index contributed by atoms with van der Waals surface area (Å²) in [5.74, 6) is -1.30. The topological polar surface area (TPSA) is 0 Å². The minimum absolute atomic E-state index is 0. The Morgan fingerprint density at radius 1 is 0.508 bits per heavy atom. The number of halogens is 2. The van der Waals surface area contributed by atoms with Crippen LogP contribution in [0, 0.1) is 0 Å². The quantitative estimate of drug-likeness (QED) is 0.106. The van der Waals surface area contributed by atoms with Gasteiger partial charge >= 0.3 is 379 Å². The molecule has 314 valence electrons. The molecule has 8 aromatic rings. The molecule has 0 heterocycles. The van der Waals surface area contributed by atoms with Crippen molar-refractivity contribution in [2.45, 2.75) is 81.7 Å². The van der Waals surface area contributed by atoms with Gasteiger partial charge in [-0.05, 0) is 0 Å². The minimum atomic E-state index is -1.51. The number of allylic oxidation sites excluding steroid dienone is 1.